The number of nitrogens with one attached hydrogen (secondary N) is 2. The molecule has 1 unspecified atom stereocenters. The molecule has 1 atom stereocenters. The van der Waals surface area contributed by atoms with E-state index in [4.69, 9.17) is 0 Å². The van der Waals surface area contributed by atoms with Crippen LogP contribution in [0, 0.1) is 0 Å². The van der Waals surface area contributed by atoms with Crippen LogP contribution in [0.15, 0.2) is 18.7 Å². The van der Waals surface area contributed by atoms with Crippen molar-refractivity contribution in [1.29, 1.82) is 0 Å². The van der Waals surface area contributed by atoms with Gasteiger partial charge in [0, 0.05) is 44.6 Å². The molecule has 1 fully saturated rings. The molecule has 0 aromatic carbocycles. The molecule has 0 saturated carbocycles. The molecule has 2 rings (SSSR count). The van der Waals surface area contributed by atoms with Gasteiger partial charge in [-0.05, 0) is 19.9 Å². The van der Waals surface area contributed by atoms with Crippen LogP contribution in [0.5, 0.6) is 0 Å². The van der Waals surface area contributed by atoms with Crippen molar-refractivity contribution in [2.45, 2.75) is 31.8 Å². The minimum atomic E-state index is -3.40. The van der Waals surface area contributed by atoms with Gasteiger partial charge >= 0.3 is 0 Å². The van der Waals surface area contributed by atoms with Gasteiger partial charge in [0.05, 0.1) is 6.33 Å². The monoisotopic (exact) mass is 301 g/mol. The smallest absolute Gasteiger partial charge is 0.279 e. The fraction of sp³-hybridized carbons (Fsp3) is 0.750. The summed E-state index contributed by atoms with van der Waals surface area (Å²) in [5, 5.41) is 3.07. The molecule has 1 saturated heterocycles. The van der Waals surface area contributed by atoms with E-state index in [1.54, 1.807) is 16.8 Å². The zero-order valence-electron chi connectivity index (χ0n) is 11.8. The average Bonchev–Trinajstić information content (AvgIpc) is 2.92. The lowest BCUT2D eigenvalue weighted by molar-refractivity contribution is 0.246. The molecule has 20 heavy (non-hydrogen) atoms. The summed E-state index contributed by atoms with van der Waals surface area (Å²) >= 11 is 0. The van der Waals surface area contributed by atoms with Crippen molar-refractivity contribution in [3.05, 3.63) is 18.7 Å². The molecule has 0 bridgehead atoms. The Morgan fingerprint density at radius 3 is 2.95 bits per heavy atom. The molecular formula is C12H23N5O2S. The molecule has 0 spiro atoms. The first-order valence-electron chi connectivity index (χ1n) is 7.00. The van der Waals surface area contributed by atoms with Crippen LogP contribution in [0.1, 0.15) is 19.3 Å². The van der Waals surface area contributed by atoms with Gasteiger partial charge in [0.2, 0.25) is 0 Å². The van der Waals surface area contributed by atoms with E-state index in [1.165, 1.54) is 0 Å². The van der Waals surface area contributed by atoms with Crippen LogP contribution in [0.3, 0.4) is 0 Å². The Hall–Kier alpha value is -0.960. The van der Waals surface area contributed by atoms with Crippen molar-refractivity contribution in [2.24, 2.45) is 0 Å². The van der Waals surface area contributed by atoms with Crippen molar-refractivity contribution in [1.82, 2.24) is 23.9 Å². The van der Waals surface area contributed by atoms with Crippen LogP contribution in [0.4, 0.5) is 0 Å². The second-order valence-electron chi connectivity index (χ2n) is 5.02. The second kappa shape index (κ2) is 7.16. The summed E-state index contributed by atoms with van der Waals surface area (Å²) in [5.41, 5.74) is 0. The van der Waals surface area contributed by atoms with Gasteiger partial charge in [0.1, 0.15) is 0 Å². The van der Waals surface area contributed by atoms with Crippen LogP contribution in [-0.2, 0) is 16.8 Å². The lowest BCUT2D eigenvalue weighted by atomic mass is 10.1. The predicted octanol–water partition coefficient (Wildman–Crippen LogP) is -0.209. The topological polar surface area (TPSA) is 79.3 Å². The number of aromatic nitrogens is 2. The third kappa shape index (κ3) is 4.02. The lowest BCUT2D eigenvalue weighted by Crippen LogP contribution is -2.52. The molecule has 8 heteroatoms. The van der Waals surface area contributed by atoms with E-state index >= 15 is 0 Å². The highest BCUT2D eigenvalue weighted by Gasteiger charge is 2.31. The molecule has 0 amide bonds. The Morgan fingerprint density at radius 1 is 1.40 bits per heavy atom. The van der Waals surface area contributed by atoms with Crippen LogP contribution in [0.2, 0.25) is 0 Å². The summed E-state index contributed by atoms with van der Waals surface area (Å²) < 4.78 is 30.8. The zero-order chi connectivity index (χ0) is 14.4. The van der Waals surface area contributed by atoms with Gasteiger partial charge in [-0.15, -0.1) is 0 Å². The summed E-state index contributed by atoms with van der Waals surface area (Å²) in [6, 6.07) is 0.0551. The van der Waals surface area contributed by atoms with E-state index in [0.717, 1.165) is 19.3 Å². The number of likely N-dealkylation sites (N-methyl/N-ethyl adjacent to an activating group) is 1. The van der Waals surface area contributed by atoms with Gasteiger partial charge in [-0.3, -0.25) is 0 Å². The van der Waals surface area contributed by atoms with Gasteiger partial charge in [-0.25, -0.2) is 9.71 Å². The van der Waals surface area contributed by atoms with Gasteiger partial charge in [-0.2, -0.15) is 12.7 Å². The highest BCUT2D eigenvalue weighted by molar-refractivity contribution is 7.87. The number of piperidine rings is 1. The average molecular weight is 301 g/mol. The zero-order valence-corrected chi connectivity index (χ0v) is 12.6. The second-order valence-corrected chi connectivity index (χ2v) is 6.73. The lowest BCUT2D eigenvalue weighted by Gasteiger charge is -2.34. The molecule has 1 aromatic heterocycles. The normalized spacial score (nSPS) is 21.1. The maximum atomic E-state index is 12.4. The molecule has 0 aliphatic carbocycles. The van der Waals surface area contributed by atoms with Crippen LogP contribution in [0.25, 0.3) is 0 Å². The van der Waals surface area contributed by atoms with Crippen molar-refractivity contribution < 1.29 is 8.42 Å². The number of imidazole rings is 1. The first-order valence-corrected chi connectivity index (χ1v) is 8.44. The number of hydrogen-bond acceptors (Lipinski definition) is 4. The molecule has 1 aliphatic heterocycles. The third-order valence-electron chi connectivity index (χ3n) is 3.54. The molecule has 2 heterocycles. The standard InChI is InChI=1S/C12H23N5O2S/c1-13-10-12-4-2-3-7-17(12)20(18,19)15-6-9-16-8-5-14-11-16/h5,8,11-13,15H,2-4,6-7,9-10H2,1H3. The Morgan fingerprint density at radius 2 is 2.25 bits per heavy atom. The van der Waals surface area contributed by atoms with Gasteiger partial charge in [0.25, 0.3) is 10.2 Å². The van der Waals surface area contributed by atoms with Crippen molar-refractivity contribution in [3.63, 3.8) is 0 Å². The van der Waals surface area contributed by atoms with Crippen molar-refractivity contribution in [3.8, 4) is 0 Å². The maximum absolute atomic E-state index is 12.4. The number of nitrogens with zero attached hydrogens (tertiary/aromatic N) is 3. The third-order valence-corrected chi connectivity index (χ3v) is 5.20. The van der Waals surface area contributed by atoms with Gasteiger partial charge in [0.15, 0.2) is 0 Å². The number of rotatable bonds is 7. The van der Waals surface area contributed by atoms with E-state index < -0.39 is 10.2 Å². The SMILES string of the molecule is CNCC1CCCCN1S(=O)(=O)NCCn1ccnc1. The number of hydrogen-bond donors (Lipinski definition) is 2. The maximum Gasteiger partial charge on any atom is 0.279 e. The minimum absolute atomic E-state index is 0.0551. The highest BCUT2D eigenvalue weighted by Crippen LogP contribution is 2.19. The molecule has 114 valence electrons. The first kappa shape index (κ1) is 15.4. The molecular weight excluding hydrogens is 278 g/mol. The molecule has 1 aromatic rings. The Kier molecular flexibility index (Phi) is 5.53. The van der Waals surface area contributed by atoms with Crippen LogP contribution < -0.4 is 10.0 Å². The fourth-order valence-corrected chi connectivity index (χ4v) is 3.99. The van der Waals surface area contributed by atoms with E-state index in [-0.39, 0.29) is 6.04 Å². The van der Waals surface area contributed by atoms with Gasteiger partial charge < -0.3 is 9.88 Å². The van der Waals surface area contributed by atoms with Crippen molar-refractivity contribution >= 4 is 10.2 Å². The summed E-state index contributed by atoms with van der Waals surface area (Å²) in [5.74, 6) is 0. The van der Waals surface area contributed by atoms with E-state index in [1.807, 2.05) is 17.8 Å². The van der Waals surface area contributed by atoms with Crippen molar-refractivity contribution in [2.75, 3.05) is 26.7 Å². The predicted molar refractivity (Wildman–Crippen MR) is 77.4 cm³/mol. The Bertz CT molecular complexity index is 486. The Labute approximate surface area is 120 Å². The summed E-state index contributed by atoms with van der Waals surface area (Å²) in [6.07, 6.45) is 8.12. The largest absolute Gasteiger partial charge is 0.336 e. The molecule has 1 aliphatic rings. The molecule has 7 nitrogen and oxygen atoms in total. The van der Waals surface area contributed by atoms with E-state index in [0.29, 0.717) is 26.2 Å². The summed E-state index contributed by atoms with van der Waals surface area (Å²) in [6.45, 7) is 2.26. The van der Waals surface area contributed by atoms with E-state index in [2.05, 4.69) is 15.0 Å². The fourth-order valence-electron chi connectivity index (χ4n) is 2.54. The van der Waals surface area contributed by atoms with Gasteiger partial charge in [-0.1, -0.05) is 6.42 Å². The first-order chi connectivity index (χ1) is 9.63. The summed E-state index contributed by atoms with van der Waals surface area (Å²) in [4.78, 5) is 3.93. The Balaban J connectivity index is 1.90. The van der Waals surface area contributed by atoms with Crippen LogP contribution >= 0.6 is 0 Å². The highest BCUT2D eigenvalue weighted by atomic mass is 32.2. The van der Waals surface area contributed by atoms with Crippen LogP contribution in [-0.4, -0.2) is 55.0 Å². The quantitative estimate of drug-likeness (QED) is 0.730. The molecule has 2 N–H and O–H groups in total. The van der Waals surface area contributed by atoms with E-state index in [9.17, 15) is 8.42 Å². The summed E-state index contributed by atoms with van der Waals surface area (Å²) in [7, 11) is -1.55. The molecule has 0 radical (unpaired) electrons. The minimum Gasteiger partial charge on any atom is -0.336 e.